The summed E-state index contributed by atoms with van der Waals surface area (Å²) in [4.78, 5) is 5.29. The van der Waals surface area contributed by atoms with Gasteiger partial charge in [-0.1, -0.05) is 103 Å². The first-order valence-corrected chi connectivity index (χ1v) is 18.9. The molecule has 4 nitrogen and oxygen atoms in total. The maximum Gasteiger partial charge on any atom is 0.0972 e. The Morgan fingerprint density at radius 1 is 0.327 bits per heavy atom. The summed E-state index contributed by atoms with van der Waals surface area (Å²) in [5.41, 5.74) is 15.2. The molecule has 4 heteroatoms. The topological polar surface area (TPSA) is 27.2 Å². The third-order valence-electron chi connectivity index (χ3n) is 11.9. The van der Waals surface area contributed by atoms with E-state index in [1.807, 2.05) is 0 Å². The van der Waals surface area contributed by atoms with Gasteiger partial charge >= 0.3 is 0 Å². The van der Waals surface area contributed by atoms with Gasteiger partial charge in [0.05, 0.1) is 49.7 Å². The van der Waals surface area contributed by atoms with Crippen molar-refractivity contribution in [2.75, 3.05) is 0 Å². The number of nitrogens with zero attached hydrogens (tertiary/aromatic N) is 4. The summed E-state index contributed by atoms with van der Waals surface area (Å²) in [5.74, 6) is 0. The molecular formula is C51H30N4. The third-order valence-corrected chi connectivity index (χ3v) is 11.9. The van der Waals surface area contributed by atoms with Crippen LogP contribution in [0.15, 0.2) is 182 Å². The van der Waals surface area contributed by atoms with Gasteiger partial charge in [-0.15, -0.1) is 0 Å². The second-order valence-corrected chi connectivity index (χ2v) is 14.8. The van der Waals surface area contributed by atoms with Crippen LogP contribution < -0.4 is 0 Å². The van der Waals surface area contributed by atoms with E-state index in [1.165, 1.54) is 87.6 Å². The predicted octanol–water partition coefficient (Wildman–Crippen LogP) is 13.2. The number of hydrogen-bond donors (Lipinski definition) is 0. The number of fused-ring (bicyclic) bond motifs is 13. The molecule has 55 heavy (non-hydrogen) atoms. The molecule has 5 heterocycles. The van der Waals surface area contributed by atoms with Crippen molar-refractivity contribution in [2.24, 2.45) is 0 Å². The van der Waals surface area contributed by atoms with E-state index < -0.39 is 0 Å². The van der Waals surface area contributed by atoms with Gasteiger partial charge in [-0.2, -0.15) is 0 Å². The SMILES string of the molecule is c1ccc(-n2c3ccccc3c3cc(-c4ccc5c(c4)c4ccccc4n5-c4cc5c6ccccc6n6c7cc8ccccc8nc7c(c4)c56)ccc32)cc1. The standard InChI is InChI=1S/C51H30N4/c1-2-13-34(14-3-1)53-44-19-9-5-15-36(44)39-26-31(22-24-47(39)53)32-23-25-48-40(27-32)37-16-6-10-20-45(37)54(48)35-29-41-38-17-7-11-21-46(38)55-49-28-33-12-4-8-18-43(33)52-50(49)42(30-35)51(41)55/h1-30H. The molecule has 5 aromatic heterocycles. The zero-order valence-electron chi connectivity index (χ0n) is 29.6. The van der Waals surface area contributed by atoms with Crippen molar-refractivity contribution in [3.05, 3.63) is 182 Å². The van der Waals surface area contributed by atoms with Crippen molar-refractivity contribution in [3.63, 3.8) is 0 Å². The summed E-state index contributed by atoms with van der Waals surface area (Å²) in [6, 6.07) is 66.5. The summed E-state index contributed by atoms with van der Waals surface area (Å²) < 4.78 is 7.25. The average Bonchev–Trinajstić information content (AvgIpc) is 3.96. The van der Waals surface area contributed by atoms with Gasteiger partial charge in [-0.05, 0) is 90.0 Å². The average molecular weight is 699 g/mol. The fraction of sp³-hybridized carbons (Fsp3) is 0. The molecule has 8 aromatic carbocycles. The Hall–Kier alpha value is -7.43. The number of aromatic nitrogens is 4. The van der Waals surface area contributed by atoms with Gasteiger partial charge in [0, 0.05) is 54.5 Å². The summed E-state index contributed by atoms with van der Waals surface area (Å²) >= 11 is 0. The molecular weight excluding hydrogens is 669 g/mol. The second-order valence-electron chi connectivity index (χ2n) is 14.8. The van der Waals surface area contributed by atoms with Crippen LogP contribution >= 0.6 is 0 Å². The van der Waals surface area contributed by atoms with E-state index in [-0.39, 0.29) is 0 Å². The minimum atomic E-state index is 1.02. The van der Waals surface area contributed by atoms with Crippen molar-refractivity contribution < 1.29 is 0 Å². The van der Waals surface area contributed by atoms with Crippen LogP contribution in [-0.4, -0.2) is 18.5 Å². The van der Waals surface area contributed by atoms with Crippen molar-refractivity contribution in [1.82, 2.24) is 18.5 Å². The molecule has 13 aromatic rings. The number of para-hydroxylation sites is 5. The highest BCUT2D eigenvalue weighted by Crippen LogP contribution is 2.43. The van der Waals surface area contributed by atoms with Crippen LogP contribution in [0.25, 0.3) is 115 Å². The monoisotopic (exact) mass is 698 g/mol. The van der Waals surface area contributed by atoms with Gasteiger partial charge in [0.15, 0.2) is 0 Å². The predicted molar refractivity (Wildman–Crippen MR) is 231 cm³/mol. The fourth-order valence-corrected chi connectivity index (χ4v) is 9.55. The Balaban J connectivity index is 1.06. The first-order valence-electron chi connectivity index (χ1n) is 18.9. The summed E-state index contributed by atoms with van der Waals surface area (Å²) in [5, 5.41) is 9.83. The quantitative estimate of drug-likeness (QED) is 0.180. The van der Waals surface area contributed by atoms with E-state index in [0.717, 1.165) is 27.6 Å². The molecule has 0 fully saturated rings. The molecule has 0 aliphatic carbocycles. The Labute approximate surface area is 314 Å². The van der Waals surface area contributed by atoms with Gasteiger partial charge in [0.25, 0.3) is 0 Å². The van der Waals surface area contributed by atoms with Gasteiger partial charge in [0.1, 0.15) is 0 Å². The van der Waals surface area contributed by atoms with Gasteiger partial charge in [-0.3, -0.25) is 0 Å². The Kier molecular flexibility index (Phi) is 5.60. The molecule has 254 valence electrons. The Bertz CT molecular complexity index is 3710. The van der Waals surface area contributed by atoms with E-state index in [2.05, 4.69) is 196 Å². The largest absolute Gasteiger partial charge is 0.309 e. The van der Waals surface area contributed by atoms with Crippen molar-refractivity contribution in [3.8, 4) is 22.5 Å². The summed E-state index contributed by atoms with van der Waals surface area (Å²) in [6.07, 6.45) is 0. The molecule has 0 atom stereocenters. The molecule has 0 amide bonds. The lowest BCUT2D eigenvalue weighted by Crippen LogP contribution is -1.94. The number of benzene rings is 8. The first-order chi connectivity index (χ1) is 27.3. The van der Waals surface area contributed by atoms with Crippen molar-refractivity contribution in [1.29, 1.82) is 0 Å². The number of hydrogen-bond acceptors (Lipinski definition) is 1. The first kappa shape index (κ1) is 29.1. The molecule has 0 radical (unpaired) electrons. The van der Waals surface area contributed by atoms with Crippen LogP contribution in [0.3, 0.4) is 0 Å². The Morgan fingerprint density at radius 3 is 1.55 bits per heavy atom. The van der Waals surface area contributed by atoms with E-state index in [9.17, 15) is 0 Å². The third kappa shape index (κ3) is 3.87. The molecule has 0 aliphatic rings. The minimum Gasteiger partial charge on any atom is -0.309 e. The smallest absolute Gasteiger partial charge is 0.0972 e. The Morgan fingerprint density at radius 2 is 0.855 bits per heavy atom. The maximum atomic E-state index is 5.29. The highest BCUT2D eigenvalue weighted by Gasteiger charge is 2.22. The van der Waals surface area contributed by atoms with E-state index in [0.29, 0.717) is 0 Å². The van der Waals surface area contributed by atoms with Crippen molar-refractivity contribution >= 4 is 92.7 Å². The van der Waals surface area contributed by atoms with Crippen LogP contribution in [0.5, 0.6) is 0 Å². The van der Waals surface area contributed by atoms with Crippen LogP contribution in [0.1, 0.15) is 0 Å². The summed E-state index contributed by atoms with van der Waals surface area (Å²) in [7, 11) is 0. The highest BCUT2D eigenvalue weighted by molar-refractivity contribution is 6.24. The van der Waals surface area contributed by atoms with Crippen LogP contribution in [-0.2, 0) is 0 Å². The molecule has 0 bridgehead atoms. The van der Waals surface area contributed by atoms with E-state index >= 15 is 0 Å². The number of pyridine rings is 1. The van der Waals surface area contributed by atoms with E-state index in [1.54, 1.807) is 0 Å². The fourth-order valence-electron chi connectivity index (χ4n) is 9.55. The maximum absolute atomic E-state index is 5.29. The molecule has 0 unspecified atom stereocenters. The molecule has 0 N–H and O–H groups in total. The lowest BCUT2D eigenvalue weighted by Gasteiger charge is -2.10. The lowest BCUT2D eigenvalue weighted by atomic mass is 10.0. The van der Waals surface area contributed by atoms with Gasteiger partial charge < -0.3 is 13.5 Å². The van der Waals surface area contributed by atoms with Gasteiger partial charge in [0.2, 0.25) is 0 Å². The molecule has 13 rings (SSSR count). The van der Waals surface area contributed by atoms with Crippen LogP contribution in [0, 0.1) is 0 Å². The highest BCUT2D eigenvalue weighted by atomic mass is 15.0. The summed E-state index contributed by atoms with van der Waals surface area (Å²) in [6.45, 7) is 0. The van der Waals surface area contributed by atoms with E-state index in [4.69, 9.17) is 4.98 Å². The van der Waals surface area contributed by atoms with Gasteiger partial charge in [-0.25, -0.2) is 4.98 Å². The molecule has 0 saturated heterocycles. The molecule has 0 aliphatic heterocycles. The zero-order valence-corrected chi connectivity index (χ0v) is 29.6. The minimum absolute atomic E-state index is 1.02. The molecule has 0 spiro atoms. The second kappa shape index (κ2) is 10.6. The van der Waals surface area contributed by atoms with Crippen LogP contribution in [0.2, 0.25) is 0 Å². The van der Waals surface area contributed by atoms with Crippen LogP contribution in [0.4, 0.5) is 0 Å². The lowest BCUT2D eigenvalue weighted by molar-refractivity contribution is 1.18. The number of rotatable bonds is 3. The molecule has 0 saturated carbocycles. The zero-order chi connectivity index (χ0) is 35.8. The normalized spacial score (nSPS) is 12.4. The van der Waals surface area contributed by atoms with Crippen molar-refractivity contribution in [2.45, 2.75) is 0 Å².